The maximum atomic E-state index is 5.54. The minimum Gasteiger partial charge on any atom is -0.497 e. The summed E-state index contributed by atoms with van der Waals surface area (Å²) < 4.78 is 11.1. The number of benzene rings is 2. The van der Waals surface area contributed by atoms with Gasteiger partial charge in [-0.3, -0.25) is 5.10 Å². The van der Waals surface area contributed by atoms with Crippen LogP contribution in [0.4, 0.5) is 0 Å². The largest absolute Gasteiger partial charge is 0.497 e. The summed E-state index contributed by atoms with van der Waals surface area (Å²) in [6.45, 7) is 0. The minimum atomic E-state index is -0.391. The van der Waals surface area contributed by atoms with E-state index >= 15 is 0 Å². The van der Waals surface area contributed by atoms with Gasteiger partial charge >= 0.3 is 0 Å². The molecule has 1 fully saturated rings. The summed E-state index contributed by atoms with van der Waals surface area (Å²) in [7, 11) is 4.98. The first-order valence-corrected chi connectivity index (χ1v) is 10.9. The molecule has 3 aromatic rings. The second-order valence-electron chi connectivity index (χ2n) is 8.34. The smallest absolute Gasteiger partial charge is 0.119 e. The van der Waals surface area contributed by atoms with Gasteiger partial charge in [-0.15, -0.1) is 0 Å². The Morgan fingerprint density at radius 2 is 1.66 bits per heavy atom. The summed E-state index contributed by atoms with van der Waals surface area (Å²) in [5.74, 6) is 2.09. The van der Waals surface area contributed by atoms with Crippen LogP contribution in [0.25, 0.3) is 6.08 Å². The van der Waals surface area contributed by atoms with Crippen molar-refractivity contribution in [3.63, 3.8) is 0 Å². The quantitative estimate of drug-likeness (QED) is 0.435. The predicted octanol–water partition coefficient (Wildman–Crippen LogP) is 4.74. The Labute approximate surface area is 187 Å². The summed E-state index contributed by atoms with van der Waals surface area (Å²) in [6, 6.07) is 16.5. The van der Waals surface area contributed by atoms with Crippen LogP contribution in [0.15, 0.2) is 59.8 Å². The standard InChI is InChI=1S/C26H27N3O3/c1-30-20-8-4-6-18(14-20)26(19-7-5-9-21(15-19)31-2)13-12-22-23(16-26)27-28-25(22)24(29-32-3)17-10-11-17/h4-9,12-15,17H,10-11,16H2,1-3H3,(H,27,28). The normalized spacial score (nSPS) is 17.0. The van der Waals surface area contributed by atoms with Gasteiger partial charge in [-0.05, 0) is 48.2 Å². The van der Waals surface area contributed by atoms with Crippen molar-refractivity contribution < 1.29 is 14.3 Å². The first-order valence-electron chi connectivity index (χ1n) is 10.9. The Morgan fingerprint density at radius 3 is 2.22 bits per heavy atom. The number of ether oxygens (including phenoxy) is 2. The lowest BCUT2D eigenvalue weighted by molar-refractivity contribution is 0.212. The molecular weight excluding hydrogens is 402 g/mol. The molecule has 1 saturated carbocycles. The van der Waals surface area contributed by atoms with Crippen LogP contribution in [0, 0.1) is 5.92 Å². The van der Waals surface area contributed by atoms with E-state index in [4.69, 9.17) is 14.3 Å². The van der Waals surface area contributed by atoms with E-state index in [2.05, 4.69) is 51.8 Å². The number of oxime groups is 1. The number of fused-ring (bicyclic) bond motifs is 1. The lowest BCUT2D eigenvalue weighted by atomic mass is 9.68. The van der Waals surface area contributed by atoms with Gasteiger partial charge in [-0.25, -0.2) is 0 Å². The summed E-state index contributed by atoms with van der Waals surface area (Å²) in [5, 5.41) is 12.3. The molecule has 0 bridgehead atoms. The molecule has 0 amide bonds. The number of aromatic amines is 1. The molecule has 0 atom stereocenters. The van der Waals surface area contributed by atoms with Crippen molar-refractivity contribution in [3.05, 3.63) is 82.7 Å². The van der Waals surface area contributed by atoms with E-state index in [0.29, 0.717) is 5.92 Å². The number of aromatic nitrogens is 2. The second-order valence-corrected chi connectivity index (χ2v) is 8.34. The number of hydrogen-bond acceptors (Lipinski definition) is 5. The number of nitrogens with one attached hydrogen (secondary N) is 1. The number of rotatable bonds is 7. The predicted molar refractivity (Wildman–Crippen MR) is 124 cm³/mol. The minimum absolute atomic E-state index is 0.391. The fourth-order valence-electron chi connectivity index (χ4n) is 4.59. The molecule has 0 aliphatic heterocycles. The molecule has 5 rings (SSSR count). The van der Waals surface area contributed by atoms with E-state index in [1.807, 2.05) is 24.3 Å². The van der Waals surface area contributed by atoms with E-state index in [0.717, 1.165) is 64.6 Å². The Hall–Kier alpha value is -3.54. The first kappa shape index (κ1) is 20.4. The van der Waals surface area contributed by atoms with Gasteiger partial charge in [-0.2, -0.15) is 5.10 Å². The highest BCUT2D eigenvalue weighted by atomic mass is 16.6. The molecule has 1 aromatic heterocycles. The molecule has 1 N–H and O–H groups in total. The molecule has 6 nitrogen and oxygen atoms in total. The van der Waals surface area contributed by atoms with E-state index in [1.54, 1.807) is 21.3 Å². The summed E-state index contributed by atoms with van der Waals surface area (Å²) >= 11 is 0. The summed E-state index contributed by atoms with van der Waals surface area (Å²) in [5.41, 5.74) is 5.91. The highest BCUT2D eigenvalue weighted by Crippen LogP contribution is 2.44. The lowest BCUT2D eigenvalue weighted by Crippen LogP contribution is -2.30. The highest BCUT2D eigenvalue weighted by Gasteiger charge is 2.39. The average Bonchev–Trinajstić information content (AvgIpc) is 3.61. The second kappa shape index (κ2) is 8.19. The van der Waals surface area contributed by atoms with E-state index < -0.39 is 5.41 Å². The van der Waals surface area contributed by atoms with Crippen molar-refractivity contribution in [1.82, 2.24) is 10.2 Å². The number of hydrogen-bond donors (Lipinski definition) is 1. The zero-order valence-electron chi connectivity index (χ0n) is 18.6. The number of methoxy groups -OCH3 is 2. The van der Waals surface area contributed by atoms with Crippen molar-refractivity contribution in [2.75, 3.05) is 21.3 Å². The van der Waals surface area contributed by atoms with Gasteiger partial charge in [0, 0.05) is 29.0 Å². The van der Waals surface area contributed by atoms with Gasteiger partial charge in [0.15, 0.2) is 0 Å². The molecule has 0 saturated heterocycles. The number of allylic oxidation sites excluding steroid dienone is 1. The van der Waals surface area contributed by atoms with Crippen LogP contribution in [-0.4, -0.2) is 37.2 Å². The van der Waals surface area contributed by atoms with Crippen molar-refractivity contribution in [2.45, 2.75) is 24.7 Å². The Bertz CT molecular complexity index is 1140. The fourth-order valence-corrected chi connectivity index (χ4v) is 4.59. The molecule has 0 unspecified atom stereocenters. The molecule has 0 radical (unpaired) electrons. The third-order valence-electron chi connectivity index (χ3n) is 6.44. The molecule has 2 aromatic carbocycles. The maximum Gasteiger partial charge on any atom is 0.119 e. The van der Waals surface area contributed by atoms with Crippen LogP contribution in [0.1, 0.15) is 40.9 Å². The zero-order valence-corrected chi connectivity index (χ0v) is 18.6. The van der Waals surface area contributed by atoms with Gasteiger partial charge in [-0.1, -0.05) is 41.6 Å². The van der Waals surface area contributed by atoms with Crippen LogP contribution in [-0.2, 0) is 16.7 Å². The zero-order chi connectivity index (χ0) is 22.1. The third-order valence-corrected chi connectivity index (χ3v) is 6.44. The third kappa shape index (κ3) is 3.45. The Morgan fingerprint density at radius 1 is 1.00 bits per heavy atom. The number of nitrogens with zero attached hydrogens (tertiary/aromatic N) is 2. The molecule has 1 heterocycles. The van der Waals surface area contributed by atoms with E-state index in [-0.39, 0.29) is 0 Å². The average molecular weight is 430 g/mol. The van der Waals surface area contributed by atoms with E-state index in [1.165, 1.54) is 0 Å². The molecule has 2 aliphatic carbocycles. The highest BCUT2D eigenvalue weighted by molar-refractivity contribution is 6.04. The summed E-state index contributed by atoms with van der Waals surface area (Å²) in [4.78, 5) is 5.13. The Kier molecular flexibility index (Phi) is 5.21. The fraction of sp³-hybridized carbons (Fsp3) is 0.308. The van der Waals surface area contributed by atoms with Gasteiger partial charge < -0.3 is 14.3 Å². The molecule has 0 spiro atoms. The van der Waals surface area contributed by atoms with Gasteiger partial charge in [0.1, 0.15) is 30.0 Å². The van der Waals surface area contributed by atoms with Crippen LogP contribution in [0.3, 0.4) is 0 Å². The van der Waals surface area contributed by atoms with Crippen LogP contribution in [0.2, 0.25) is 0 Å². The van der Waals surface area contributed by atoms with Gasteiger partial charge in [0.2, 0.25) is 0 Å². The number of H-pyrrole nitrogens is 1. The van der Waals surface area contributed by atoms with E-state index in [9.17, 15) is 0 Å². The van der Waals surface area contributed by atoms with Gasteiger partial charge in [0.25, 0.3) is 0 Å². The van der Waals surface area contributed by atoms with Crippen LogP contribution in [0.5, 0.6) is 11.5 Å². The van der Waals surface area contributed by atoms with Crippen molar-refractivity contribution in [2.24, 2.45) is 11.1 Å². The van der Waals surface area contributed by atoms with Crippen molar-refractivity contribution in [3.8, 4) is 11.5 Å². The van der Waals surface area contributed by atoms with Crippen LogP contribution >= 0.6 is 0 Å². The summed E-state index contributed by atoms with van der Waals surface area (Å²) in [6.07, 6.45) is 7.44. The first-order chi connectivity index (χ1) is 15.7. The maximum absolute atomic E-state index is 5.54. The molecule has 32 heavy (non-hydrogen) atoms. The topological polar surface area (TPSA) is 68.7 Å². The van der Waals surface area contributed by atoms with Crippen LogP contribution < -0.4 is 9.47 Å². The Balaban J connectivity index is 1.64. The van der Waals surface area contributed by atoms with Gasteiger partial charge in [0.05, 0.1) is 14.2 Å². The molecule has 164 valence electrons. The monoisotopic (exact) mass is 429 g/mol. The lowest BCUT2D eigenvalue weighted by Gasteiger charge is -2.35. The van der Waals surface area contributed by atoms with Crippen molar-refractivity contribution >= 4 is 11.8 Å². The van der Waals surface area contributed by atoms with Crippen molar-refractivity contribution in [1.29, 1.82) is 0 Å². The SMILES string of the molecule is CON=C(c1n[nH]c2c1C=CC(c1cccc(OC)c1)(c1cccc(OC)c1)C2)C1CC1. The molecule has 6 heteroatoms. The molecule has 2 aliphatic rings. The molecular formula is C26H27N3O3.